The van der Waals surface area contributed by atoms with Crippen molar-refractivity contribution in [3.05, 3.63) is 36.0 Å². The van der Waals surface area contributed by atoms with Gasteiger partial charge in [-0.2, -0.15) is 0 Å². The second-order valence-electron chi connectivity index (χ2n) is 7.04. The normalized spacial score (nSPS) is 25.5. The van der Waals surface area contributed by atoms with Crippen LogP contribution < -0.4 is 0 Å². The predicted octanol–water partition coefficient (Wildman–Crippen LogP) is 1.85. The predicted molar refractivity (Wildman–Crippen MR) is 94.0 cm³/mol. The summed E-state index contributed by atoms with van der Waals surface area (Å²) in [6, 6.07) is 10.4. The minimum atomic E-state index is -0.189. The lowest BCUT2D eigenvalue weighted by Gasteiger charge is -2.39. The van der Waals surface area contributed by atoms with Gasteiger partial charge in [-0.1, -0.05) is 18.2 Å². The molecule has 1 aromatic carbocycles. The number of benzene rings is 1. The Morgan fingerprint density at radius 1 is 1.12 bits per heavy atom. The Kier molecular flexibility index (Phi) is 4.06. The molecule has 1 amide bonds. The molecule has 1 N–H and O–H groups in total. The number of aromatic nitrogens is 1. The Morgan fingerprint density at radius 3 is 2.54 bits per heavy atom. The van der Waals surface area contributed by atoms with Gasteiger partial charge in [-0.3, -0.25) is 9.69 Å². The number of piperazine rings is 1. The summed E-state index contributed by atoms with van der Waals surface area (Å²) in [5.74, 6) is 0.111. The molecule has 1 aliphatic carbocycles. The lowest BCUT2D eigenvalue weighted by molar-refractivity contribution is 0.0311. The highest BCUT2D eigenvalue weighted by molar-refractivity contribution is 5.98. The van der Waals surface area contributed by atoms with E-state index in [1.807, 2.05) is 46.8 Å². The number of carbonyl (C=O) groups is 1. The Morgan fingerprint density at radius 2 is 1.88 bits per heavy atom. The molecule has 1 aromatic heterocycles. The topological polar surface area (TPSA) is 48.7 Å². The van der Waals surface area contributed by atoms with E-state index in [0.29, 0.717) is 6.04 Å². The van der Waals surface area contributed by atoms with E-state index in [2.05, 4.69) is 4.90 Å². The molecule has 0 spiro atoms. The van der Waals surface area contributed by atoms with E-state index in [0.717, 1.165) is 62.0 Å². The average Bonchev–Trinajstić information content (AvgIpc) is 3.18. The monoisotopic (exact) mass is 327 g/mol. The third-order valence-electron chi connectivity index (χ3n) is 5.69. The summed E-state index contributed by atoms with van der Waals surface area (Å²) in [5, 5.41) is 11.2. The fraction of sp³-hybridized carbons (Fsp3) is 0.526. The van der Waals surface area contributed by atoms with Gasteiger partial charge >= 0.3 is 0 Å². The number of nitrogens with zero attached hydrogens (tertiary/aromatic N) is 3. The number of hydrogen-bond acceptors (Lipinski definition) is 3. The molecule has 2 fully saturated rings. The molecule has 2 aromatic rings. The maximum atomic E-state index is 12.9. The van der Waals surface area contributed by atoms with Gasteiger partial charge in [0.05, 0.1) is 6.10 Å². The largest absolute Gasteiger partial charge is 0.391 e. The van der Waals surface area contributed by atoms with Gasteiger partial charge in [0, 0.05) is 50.2 Å². The molecule has 4 rings (SSSR count). The zero-order chi connectivity index (χ0) is 16.7. The van der Waals surface area contributed by atoms with Crippen molar-refractivity contribution in [1.82, 2.24) is 14.4 Å². The molecule has 5 nitrogen and oxygen atoms in total. The number of para-hydroxylation sites is 1. The summed E-state index contributed by atoms with van der Waals surface area (Å²) in [6.45, 7) is 3.20. The molecule has 0 bridgehead atoms. The summed E-state index contributed by atoms with van der Waals surface area (Å²) in [5.41, 5.74) is 1.85. The van der Waals surface area contributed by atoms with Crippen molar-refractivity contribution in [2.24, 2.45) is 7.05 Å². The van der Waals surface area contributed by atoms with Crippen molar-refractivity contribution >= 4 is 16.8 Å². The average molecular weight is 327 g/mol. The van der Waals surface area contributed by atoms with Crippen LogP contribution in [0.3, 0.4) is 0 Å². The smallest absolute Gasteiger partial charge is 0.270 e. The Hall–Kier alpha value is -1.85. The van der Waals surface area contributed by atoms with Crippen molar-refractivity contribution in [3.63, 3.8) is 0 Å². The molecule has 2 heterocycles. The van der Waals surface area contributed by atoms with E-state index in [4.69, 9.17) is 0 Å². The third-order valence-corrected chi connectivity index (χ3v) is 5.69. The maximum Gasteiger partial charge on any atom is 0.270 e. The fourth-order valence-corrected chi connectivity index (χ4v) is 4.26. The van der Waals surface area contributed by atoms with Crippen LogP contribution in [0.5, 0.6) is 0 Å². The number of fused-ring (bicyclic) bond motifs is 1. The van der Waals surface area contributed by atoms with Crippen molar-refractivity contribution in [3.8, 4) is 0 Å². The zero-order valence-electron chi connectivity index (χ0n) is 14.2. The van der Waals surface area contributed by atoms with Crippen molar-refractivity contribution in [1.29, 1.82) is 0 Å². The van der Waals surface area contributed by atoms with Gasteiger partial charge in [-0.05, 0) is 31.4 Å². The molecule has 24 heavy (non-hydrogen) atoms. The van der Waals surface area contributed by atoms with Gasteiger partial charge in [0.2, 0.25) is 0 Å². The number of aliphatic hydroxyl groups is 1. The summed E-state index contributed by atoms with van der Waals surface area (Å²) in [7, 11) is 1.96. The highest BCUT2D eigenvalue weighted by Gasteiger charge is 2.33. The van der Waals surface area contributed by atoms with Gasteiger partial charge in [-0.25, -0.2) is 0 Å². The van der Waals surface area contributed by atoms with E-state index in [1.54, 1.807) is 0 Å². The summed E-state index contributed by atoms with van der Waals surface area (Å²) in [4.78, 5) is 17.2. The van der Waals surface area contributed by atoms with Crippen LogP contribution in [-0.4, -0.2) is 63.7 Å². The fourth-order valence-electron chi connectivity index (χ4n) is 4.26. The minimum Gasteiger partial charge on any atom is -0.391 e. The molecule has 1 aliphatic heterocycles. The van der Waals surface area contributed by atoms with Crippen LogP contribution in [0.1, 0.15) is 29.8 Å². The first kappa shape index (κ1) is 15.7. The van der Waals surface area contributed by atoms with E-state index in [9.17, 15) is 9.90 Å². The summed E-state index contributed by atoms with van der Waals surface area (Å²) < 4.78 is 1.99. The van der Waals surface area contributed by atoms with Crippen molar-refractivity contribution in [2.75, 3.05) is 26.2 Å². The third kappa shape index (κ3) is 2.62. The van der Waals surface area contributed by atoms with E-state index < -0.39 is 0 Å². The van der Waals surface area contributed by atoms with E-state index in [-0.39, 0.29) is 12.0 Å². The molecule has 5 heteroatoms. The van der Waals surface area contributed by atoms with Crippen LogP contribution in [0.4, 0.5) is 0 Å². The van der Waals surface area contributed by atoms with Crippen LogP contribution in [0, 0.1) is 0 Å². The van der Waals surface area contributed by atoms with Crippen molar-refractivity contribution in [2.45, 2.75) is 31.4 Å². The number of hydrogen-bond donors (Lipinski definition) is 1. The molecule has 2 aliphatic rings. The van der Waals surface area contributed by atoms with Crippen LogP contribution in [-0.2, 0) is 7.05 Å². The second kappa shape index (κ2) is 6.22. The van der Waals surface area contributed by atoms with E-state index in [1.165, 1.54) is 0 Å². The Balaban J connectivity index is 1.47. The van der Waals surface area contributed by atoms with Gasteiger partial charge in [0.25, 0.3) is 5.91 Å². The molecule has 128 valence electrons. The van der Waals surface area contributed by atoms with Crippen molar-refractivity contribution < 1.29 is 9.90 Å². The van der Waals surface area contributed by atoms with Crippen LogP contribution in [0.2, 0.25) is 0 Å². The lowest BCUT2D eigenvalue weighted by atomic mass is 10.1. The molecule has 1 saturated heterocycles. The van der Waals surface area contributed by atoms with Gasteiger partial charge in [0.1, 0.15) is 5.69 Å². The first-order valence-electron chi connectivity index (χ1n) is 8.91. The highest BCUT2D eigenvalue weighted by Crippen LogP contribution is 2.26. The number of rotatable bonds is 2. The minimum absolute atomic E-state index is 0.111. The van der Waals surface area contributed by atoms with Crippen LogP contribution in [0.15, 0.2) is 30.3 Å². The first-order valence-corrected chi connectivity index (χ1v) is 8.91. The molecule has 2 atom stereocenters. The molecular formula is C19H25N3O2. The summed E-state index contributed by atoms with van der Waals surface area (Å²) in [6.07, 6.45) is 2.92. The van der Waals surface area contributed by atoms with E-state index >= 15 is 0 Å². The Bertz CT molecular complexity index is 746. The highest BCUT2D eigenvalue weighted by atomic mass is 16.3. The van der Waals surface area contributed by atoms with Gasteiger partial charge in [-0.15, -0.1) is 0 Å². The number of carbonyl (C=O) groups excluding carboxylic acids is 1. The Labute approximate surface area is 142 Å². The van der Waals surface area contributed by atoms with Gasteiger partial charge < -0.3 is 14.6 Å². The molecular weight excluding hydrogens is 302 g/mol. The lowest BCUT2D eigenvalue weighted by Crippen LogP contribution is -2.53. The molecule has 0 radical (unpaired) electrons. The number of aliphatic hydroxyl groups excluding tert-OH is 1. The number of aryl methyl sites for hydroxylation is 1. The second-order valence-corrected chi connectivity index (χ2v) is 7.04. The summed E-state index contributed by atoms with van der Waals surface area (Å²) >= 11 is 0. The maximum absolute atomic E-state index is 12.9. The van der Waals surface area contributed by atoms with Gasteiger partial charge in [0.15, 0.2) is 0 Å². The van der Waals surface area contributed by atoms with Crippen LogP contribution >= 0.6 is 0 Å². The molecule has 1 saturated carbocycles. The number of amides is 1. The quantitative estimate of drug-likeness (QED) is 0.916. The first-order chi connectivity index (χ1) is 11.6. The van der Waals surface area contributed by atoms with Crippen LogP contribution in [0.25, 0.3) is 10.9 Å². The molecule has 0 unspecified atom stereocenters. The standard InChI is InChI=1S/C19H25N3O2/c1-20-15-6-3-2-5-14(15)13-17(20)19(24)22-11-9-21(10-12-22)16-7-4-8-18(16)23/h2-3,5-6,13,16,18,23H,4,7-12H2,1H3/t16-,18-/m1/s1. The zero-order valence-corrected chi connectivity index (χ0v) is 14.2. The SMILES string of the molecule is Cn1c(C(=O)N2CCN([C@@H]3CCC[C@H]3O)CC2)cc2ccccc21.